The lowest BCUT2D eigenvalue weighted by Crippen LogP contribution is -2.40. The highest BCUT2D eigenvalue weighted by Gasteiger charge is 2.34. The zero-order chi connectivity index (χ0) is 12.4. The monoisotopic (exact) mass is 240 g/mol. The van der Waals surface area contributed by atoms with Crippen LogP contribution >= 0.6 is 0 Å². The first kappa shape index (κ1) is 12.2. The summed E-state index contributed by atoms with van der Waals surface area (Å²) in [6, 6.07) is 0.561. The van der Waals surface area contributed by atoms with Crippen LogP contribution < -0.4 is 0 Å². The van der Waals surface area contributed by atoms with Crippen molar-refractivity contribution in [3.05, 3.63) is 0 Å². The molecular weight excluding hydrogens is 220 g/mol. The number of carbonyl (C=O) groups is 2. The summed E-state index contributed by atoms with van der Waals surface area (Å²) in [6.07, 6.45) is 4.09. The van der Waals surface area contributed by atoms with Crippen LogP contribution in [0.3, 0.4) is 0 Å². The molecule has 0 bridgehead atoms. The first-order valence-corrected chi connectivity index (χ1v) is 6.31. The summed E-state index contributed by atoms with van der Waals surface area (Å²) in [5, 5.41) is 8.63. The number of rotatable bonds is 4. The molecule has 17 heavy (non-hydrogen) atoms. The number of carboxylic acid groups (broad SMARTS) is 1. The lowest BCUT2D eigenvalue weighted by Gasteiger charge is -2.24. The van der Waals surface area contributed by atoms with Crippen molar-refractivity contribution in [3.8, 4) is 0 Å². The second kappa shape index (κ2) is 4.94. The Morgan fingerprint density at radius 1 is 1.35 bits per heavy atom. The standard InChI is InChI=1S/C12H20N2O3/c1-13(10-3-4-10)12(17)14-7-6-9(8-14)2-5-11(15)16/h9-10H,2-8H2,1H3,(H,15,16). The van der Waals surface area contributed by atoms with Crippen molar-refractivity contribution in [2.45, 2.75) is 38.1 Å². The number of hydrogen-bond donors (Lipinski definition) is 1. The van der Waals surface area contributed by atoms with E-state index in [9.17, 15) is 9.59 Å². The van der Waals surface area contributed by atoms with E-state index in [1.165, 1.54) is 0 Å². The topological polar surface area (TPSA) is 60.9 Å². The molecule has 5 nitrogen and oxygen atoms in total. The number of aliphatic carboxylic acids is 1. The van der Waals surface area contributed by atoms with Crippen LogP contribution in [0.2, 0.25) is 0 Å². The average Bonchev–Trinajstić information content (AvgIpc) is 3.03. The largest absolute Gasteiger partial charge is 0.481 e. The van der Waals surface area contributed by atoms with E-state index in [0.717, 1.165) is 32.4 Å². The molecule has 0 spiro atoms. The minimum absolute atomic E-state index is 0.116. The van der Waals surface area contributed by atoms with E-state index in [1.54, 1.807) is 0 Å². The fourth-order valence-corrected chi connectivity index (χ4v) is 2.41. The molecule has 0 radical (unpaired) electrons. The van der Waals surface area contributed by atoms with Gasteiger partial charge in [0.25, 0.3) is 0 Å². The fraction of sp³-hybridized carbons (Fsp3) is 0.833. The van der Waals surface area contributed by atoms with Gasteiger partial charge in [0.05, 0.1) is 0 Å². The van der Waals surface area contributed by atoms with Crippen LogP contribution in [-0.4, -0.2) is 53.1 Å². The lowest BCUT2D eigenvalue weighted by molar-refractivity contribution is -0.137. The number of nitrogens with zero attached hydrogens (tertiary/aromatic N) is 2. The predicted molar refractivity (Wildman–Crippen MR) is 62.7 cm³/mol. The summed E-state index contributed by atoms with van der Waals surface area (Å²) in [5.74, 6) is -0.382. The second-order valence-corrected chi connectivity index (χ2v) is 5.16. The zero-order valence-electron chi connectivity index (χ0n) is 10.3. The van der Waals surface area contributed by atoms with Gasteiger partial charge in [-0.25, -0.2) is 4.79 Å². The molecule has 96 valence electrons. The maximum absolute atomic E-state index is 12.0. The van der Waals surface area contributed by atoms with Gasteiger partial charge in [0, 0.05) is 32.6 Å². The van der Waals surface area contributed by atoms with Crippen molar-refractivity contribution in [1.82, 2.24) is 9.80 Å². The van der Waals surface area contributed by atoms with E-state index >= 15 is 0 Å². The Kier molecular flexibility index (Phi) is 3.54. The first-order chi connectivity index (χ1) is 8.08. The molecule has 1 heterocycles. The van der Waals surface area contributed by atoms with E-state index in [2.05, 4.69) is 0 Å². The van der Waals surface area contributed by atoms with Crippen molar-refractivity contribution in [2.75, 3.05) is 20.1 Å². The number of urea groups is 1. The number of carboxylic acids is 1. The molecule has 1 unspecified atom stereocenters. The molecule has 2 amide bonds. The minimum Gasteiger partial charge on any atom is -0.481 e. The first-order valence-electron chi connectivity index (χ1n) is 6.31. The SMILES string of the molecule is CN(C(=O)N1CCC(CCC(=O)O)C1)C1CC1. The third-order valence-corrected chi connectivity index (χ3v) is 3.72. The highest BCUT2D eigenvalue weighted by molar-refractivity contribution is 5.75. The molecule has 1 atom stereocenters. The summed E-state index contributed by atoms with van der Waals surface area (Å²) in [6.45, 7) is 1.50. The van der Waals surface area contributed by atoms with Crippen LogP contribution in [0.15, 0.2) is 0 Å². The molecule has 1 aliphatic heterocycles. The summed E-state index contributed by atoms with van der Waals surface area (Å²) < 4.78 is 0. The van der Waals surface area contributed by atoms with Crippen LogP contribution in [-0.2, 0) is 4.79 Å². The number of likely N-dealkylation sites (tertiary alicyclic amines) is 1. The predicted octanol–water partition coefficient (Wildman–Crippen LogP) is 1.39. The minimum atomic E-state index is -0.745. The zero-order valence-corrected chi connectivity index (χ0v) is 10.3. The molecule has 2 fully saturated rings. The van der Waals surface area contributed by atoms with Crippen LogP contribution in [0, 0.1) is 5.92 Å². The van der Waals surface area contributed by atoms with Crippen molar-refractivity contribution in [1.29, 1.82) is 0 Å². The fourth-order valence-electron chi connectivity index (χ4n) is 2.41. The van der Waals surface area contributed by atoms with Crippen LogP contribution in [0.25, 0.3) is 0 Å². The van der Waals surface area contributed by atoms with Gasteiger partial charge in [0.1, 0.15) is 0 Å². The Morgan fingerprint density at radius 2 is 2.06 bits per heavy atom. The van der Waals surface area contributed by atoms with E-state index in [-0.39, 0.29) is 12.5 Å². The number of amides is 2. The van der Waals surface area contributed by atoms with Gasteiger partial charge in [-0.3, -0.25) is 4.79 Å². The Balaban J connectivity index is 1.76. The van der Waals surface area contributed by atoms with Crippen molar-refractivity contribution in [3.63, 3.8) is 0 Å². The Morgan fingerprint density at radius 3 is 2.65 bits per heavy atom. The van der Waals surface area contributed by atoms with Gasteiger partial charge >= 0.3 is 12.0 Å². The Labute approximate surface area is 101 Å². The van der Waals surface area contributed by atoms with Gasteiger partial charge in [-0.2, -0.15) is 0 Å². The third-order valence-electron chi connectivity index (χ3n) is 3.72. The molecule has 1 N–H and O–H groups in total. The summed E-state index contributed by atoms with van der Waals surface area (Å²) in [7, 11) is 1.87. The maximum atomic E-state index is 12.0. The molecule has 2 aliphatic rings. The maximum Gasteiger partial charge on any atom is 0.319 e. The number of carbonyl (C=O) groups excluding carboxylic acids is 1. The van der Waals surface area contributed by atoms with Gasteiger partial charge in [0.2, 0.25) is 0 Å². The molecular formula is C12H20N2O3. The summed E-state index contributed by atoms with van der Waals surface area (Å²) in [4.78, 5) is 26.2. The Hall–Kier alpha value is -1.26. The van der Waals surface area contributed by atoms with Gasteiger partial charge in [-0.15, -0.1) is 0 Å². The van der Waals surface area contributed by atoms with Crippen molar-refractivity contribution in [2.24, 2.45) is 5.92 Å². The highest BCUT2D eigenvalue weighted by Crippen LogP contribution is 2.28. The molecule has 1 saturated carbocycles. The normalized spacial score (nSPS) is 23.8. The smallest absolute Gasteiger partial charge is 0.319 e. The molecule has 1 saturated heterocycles. The second-order valence-electron chi connectivity index (χ2n) is 5.16. The molecule has 2 rings (SSSR count). The molecule has 1 aliphatic carbocycles. The summed E-state index contributed by atoms with van der Waals surface area (Å²) in [5.41, 5.74) is 0. The molecule has 0 aromatic rings. The van der Waals surface area contributed by atoms with E-state index in [4.69, 9.17) is 5.11 Å². The lowest BCUT2D eigenvalue weighted by atomic mass is 10.0. The van der Waals surface area contributed by atoms with Crippen molar-refractivity contribution >= 4 is 12.0 Å². The van der Waals surface area contributed by atoms with Crippen LogP contribution in [0.1, 0.15) is 32.1 Å². The Bertz CT molecular complexity index is 315. The van der Waals surface area contributed by atoms with Gasteiger partial charge in [-0.1, -0.05) is 0 Å². The van der Waals surface area contributed by atoms with Gasteiger partial charge < -0.3 is 14.9 Å². The van der Waals surface area contributed by atoms with E-state index in [0.29, 0.717) is 18.4 Å². The highest BCUT2D eigenvalue weighted by atomic mass is 16.4. The number of hydrogen-bond acceptors (Lipinski definition) is 2. The molecule has 5 heteroatoms. The molecule has 0 aromatic carbocycles. The molecule has 0 aromatic heterocycles. The van der Waals surface area contributed by atoms with Crippen LogP contribution in [0.5, 0.6) is 0 Å². The third kappa shape index (κ3) is 3.11. The van der Waals surface area contributed by atoms with Gasteiger partial charge in [0.15, 0.2) is 0 Å². The summed E-state index contributed by atoms with van der Waals surface area (Å²) >= 11 is 0. The van der Waals surface area contributed by atoms with Gasteiger partial charge in [-0.05, 0) is 31.6 Å². The van der Waals surface area contributed by atoms with E-state index < -0.39 is 5.97 Å². The quantitative estimate of drug-likeness (QED) is 0.807. The van der Waals surface area contributed by atoms with Crippen molar-refractivity contribution < 1.29 is 14.7 Å². The van der Waals surface area contributed by atoms with Crippen LogP contribution in [0.4, 0.5) is 4.79 Å². The average molecular weight is 240 g/mol. The van der Waals surface area contributed by atoms with E-state index in [1.807, 2.05) is 16.8 Å².